The predicted molar refractivity (Wildman–Crippen MR) is 78.1 cm³/mol. The van der Waals surface area contributed by atoms with Crippen LogP contribution in [-0.2, 0) is 6.54 Å². The van der Waals surface area contributed by atoms with Gasteiger partial charge in [0.1, 0.15) is 0 Å². The van der Waals surface area contributed by atoms with E-state index >= 15 is 0 Å². The Kier molecular flexibility index (Phi) is 4.37. The van der Waals surface area contributed by atoms with Gasteiger partial charge in [-0.05, 0) is 30.7 Å². The van der Waals surface area contributed by atoms with Crippen molar-refractivity contribution in [2.75, 3.05) is 0 Å². The Morgan fingerprint density at radius 3 is 2.30 bits per heavy atom. The molecule has 106 valence electrons. The molecular formula is C15H16ClNO3. The largest absolute Gasteiger partial charge is 0.504 e. The lowest BCUT2D eigenvalue weighted by atomic mass is 10.1. The molecule has 0 bridgehead atoms. The average molecular weight is 294 g/mol. The second-order valence-corrected chi connectivity index (χ2v) is 5.03. The van der Waals surface area contributed by atoms with E-state index in [0.29, 0.717) is 17.1 Å². The van der Waals surface area contributed by atoms with Gasteiger partial charge in [0.25, 0.3) is 0 Å². The number of phenols is 3. The normalized spacial score (nSPS) is 12.3. The van der Waals surface area contributed by atoms with Gasteiger partial charge in [-0.15, -0.1) is 0 Å². The van der Waals surface area contributed by atoms with Crippen molar-refractivity contribution in [3.8, 4) is 17.2 Å². The lowest BCUT2D eigenvalue weighted by Gasteiger charge is -2.15. The van der Waals surface area contributed by atoms with Crippen molar-refractivity contribution in [2.45, 2.75) is 19.5 Å². The van der Waals surface area contributed by atoms with Gasteiger partial charge in [0.05, 0.1) is 0 Å². The van der Waals surface area contributed by atoms with Crippen LogP contribution in [0.1, 0.15) is 24.1 Å². The molecule has 5 heteroatoms. The average Bonchev–Trinajstić information content (AvgIpc) is 2.44. The highest BCUT2D eigenvalue weighted by atomic mass is 35.5. The molecular weight excluding hydrogens is 278 g/mol. The van der Waals surface area contributed by atoms with Crippen LogP contribution in [0.2, 0.25) is 5.02 Å². The maximum atomic E-state index is 9.73. The molecule has 0 amide bonds. The van der Waals surface area contributed by atoms with E-state index in [1.807, 2.05) is 31.2 Å². The van der Waals surface area contributed by atoms with E-state index in [1.54, 1.807) is 6.07 Å². The number of rotatable bonds is 4. The Balaban J connectivity index is 2.05. The van der Waals surface area contributed by atoms with E-state index in [-0.39, 0.29) is 17.5 Å². The van der Waals surface area contributed by atoms with Crippen molar-refractivity contribution in [1.29, 1.82) is 0 Å². The fourth-order valence-electron chi connectivity index (χ4n) is 1.89. The second kappa shape index (κ2) is 6.03. The Bertz CT molecular complexity index is 599. The van der Waals surface area contributed by atoms with Gasteiger partial charge in [-0.3, -0.25) is 0 Å². The van der Waals surface area contributed by atoms with E-state index in [2.05, 4.69) is 5.32 Å². The minimum absolute atomic E-state index is 0.0580. The molecule has 20 heavy (non-hydrogen) atoms. The summed E-state index contributed by atoms with van der Waals surface area (Å²) in [6, 6.07) is 10.5. The number of nitrogens with one attached hydrogen (secondary N) is 1. The van der Waals surface area contributed by atoms with E-state index in [4.69, 9.17) is 11.6 Å². The molecule has 0 saturated heterocycles. The first-order chi connectivity index (χ1) is 9.49. The summed E-state index contributed by atoms with van der Waals surface area (Å²) in [5, 5.41) is 32.4. The molecule has 0 fully saturated rings. The number of aromatic hydroxyl groups is 3. The Labute approximate surface area is 122 Å². The van der Waals surface area contributed by atoms with Gasteiger partial charge < -0.3 is 20.6 Å². The van der Waals surface area contributed by atoms with E-state index < -0.39 is 5.75 Å². The third-order valence-corrected chi connectivity index (χ3v) is 3.43. The third-order valence-electron chi connectivity index (χ3n) is 3.18. The monoisotopic (exact) mass is 293 g/mol. The summed E-state index contributed by atoms with van der Waals surface area (Å²) in [4.78, 5) is 0. The lowest BCUT2D eigenvalue weighted by Crippen LogP contribution is -2.18. The molecule has 2 rings (SSSR count). The van der Waals surface area contributed by atoms with E-state index in [1.165, 1.54) is 6.07 Å². The van der Waals surface area contributed by atoms with Crippen molar-refractivity contribution >= 4 is 11.6 Å². The highest BCUT2D eigenvalue weighted by molar-refractivity contribution is 6.30. The zero-order valence-electron chi connectivity index (χ0n) is 11.0. The van der Waals surface area contributed by atoms with Crippen LogP contribution in [0.25, 0.3) is 0 Å². The van der Waals surface area contributed by atoms with Crippen molar-refractivity contribution in [2.24, 2.45) is 0 Å². The van der Waals surface area contributed by atoms with Gasteiger partial charge in [-0.2, -0.15) is 0 Å². The van der Waals surface area contributed by atoms with Crippen LogP contribution < -0.4 is 5.32 Å². The van der Waals surface area contributed by atoms with Crippen LogP contribution in [0, 0.1) is 0 Å². The molecule has 0 radical (unpaired) electrons. The first-order valence-electron chi connectivity index (χ1n) is 6.20. The minimum atomic E-state index is -0.497. The van der Waals surface area contributed by atoms with Gasteiger partial charge in [0.2, 0.25) is 5.75 Å². The smallest absolute Gasteiger partial charge is 0.200 e. The Hall–Kier alpha value is -1.91. The first-order valence-corrected chi connectivity index (χ1v) is 6.58. The standard InChI is InChI=1S/C15H16ClNO3/c1-9(10-2-5-12(16)6-3-10)17-8-11-4-7-13(18)15(20)14(11)19/h2-7,9,17-20H,8H2,1H3. The van der Waals surface area contributed by atoms with Crippen LogP contribution >= 0.6 is 11.6 Å². The number of benzene rings is 2. The molecule has 0 heterocycles. The Morgan fingerprint density at radius 2 is 1.65 bits per heavy atom. The molecule has 0 aliphatic rings. The summed E-state index contributed by atoms with van der Waals surface area (Å²) in [6.45, 7) is 2.35. The maximum Gasteiger partial charge on any atom is 0.200 e. The highest BCUT2D eigenvalue weighted by Gasteiger charge is 2.12. The molecule has 0 aliphatic carbocycles. The molecule has 4 nitrogen and oxygen atoms in total. The summed E-state index contributed by atoms with van der Waals surface area (Å²) < 4.78 is 0. The fraction of sp³-hybridized carbons (Fsp3) is 0.200. The van der Waals surface area contributed by atoms with Crippen molar-refractivity contribution in [3.63, 3.8) is 0 Å². The molecule has 4 N–H and O–H groups in total. The van der Waals surface area contributed by atoms with Crippen LogP contribution in [0.3, 0.4) is 0 Å². The van der Waals surface area contributed by atoms with E-state index in [9.17, 15) is 15.3 Å². The van der Waals surface area contributed by atoms with Crippen molar-refractivity contribution in [1.82, 2.24) is 5.32 Å². The minimum Gasteiger partial charge on any atom is -0.504 e. The van der Waals surface area contributed by atoms with E-state index in [0.717, 1.165) is 5.56 Å². The van der Waals surface area contributed by atoms with Crippen LogP contribution in [0.4, 0.5) is 0 Å². The van der Waals surface area contributed by atoms with Gasteiger partial charge in [-0.1, -0.05) is 29.8 Å². The van der Waals surface area contributed by atoms with Gasteiger partial charge in [0, 0.05) is 23.2 Å². The summed E-state index contributed by atoms with van der Waals surface area (Å²) in [5.74, 6) is -1.14. The zero-order chi connectivity index (χ0) is 14.7. The van der Waals surface area contributed by atoms with Crippen LogP contribution in [0.15, 0.2) is 36.4 Å². The van der Waals surface area contributed by atoms with Crippen molar-refractivity contribution in [3.05, 3.63) is 52.5 Å². The molecule has 1 unspecified atom stereocenters. The Morgan fingerprint density at radius 1 is 1.00 bits per heavy atom. The van der Waals surface area contributed by atoms with Crippen molar-refractivity contribution < 1.29 is 15.3 Å². The SMILES string of the molecule is CC(NCc1ccc(O)c(O)c1O)c1ccc(Cl)cc1. The van der Waals surface area contributed by atoms with Crippen LogP contribution in [-0.4, -0.2) is 15.3 Å². The molecule has 0 aromatic heterocycles. The number of hydrogen-bond donors (Lipinski definition) is 4. The summed E-state index contributed by atoms with van der Waals surface area (Å²) in [7, 11) is 0. The second-order valence-electron chi connectivity index (χ2n) is 4.60. The number of hydrogen-bond acceptors (Lipinski definition) is 4. The molecule has 2 aromatic rings. The number of phenolic OH excluding ortho intramolecular Hbond substituents is 3. The molecule has 1 atom stereocenters. The molecule has 0 spiro atoms. The van der Waals surface area contributed by atoms with Crippen LogP contribution in [0.5, 0.6) is 17.2 Å². The first kappa shape index (κ1) is 14.5. The van der Waals surface area contributed by atoms with Gasteiger partial charge >= 0.3 is 0 Å². The maximum absolute atomic E-state index is 9.73. The summed E-state index contributed by atoms with van der Waals surface area (Å²) >= 11 is 5.84. The van der Waals surface area contributed by atoms with Gasteiger partial charge in [-0.25, -0.2) is 0 Å². The summed E-state index contributed by atoms with van der Waals surface area (Å²) in [5.41, 5.74) is 1.58. The highest BCUT2D eigenvalue weighted by Crippen LogP contribution is 2.37. The zero-order valence-corrected chi connectivity index (χ0v) is 11.7. The lowest BCUT2D eigenvalue weighted by molar-refractivity contribution is 0.363. The third kappa shape index (κ3) is 3.15. The summed E-state index contributed by atoms with van der Waals surface area (Å²) in [6.07, 6.45) is 0. The quantitative estimate of drug-likeness (QED) is 0.653. The molecule has 2 aromatic carbocycles. The molecule has 0 saturated carbocycles. The topological polar surface area (TPSA) is 72.7 Å². The predicted octanol–water partition coefficient (Wildman–Crippen LogP) is 3.31. The number of halogens is 1. The fourth-order valence-corrected chi connectivity index (χ4v) is 2.01. The van der Waals surface area contributed by atoms with Gasteiger partial charge in [0.15, 0.2) is 11.5 Å². The molecule has 0 aliphatic heterocycles.